The first-order valence-electron chi connectivity index (χ1n) is 11.0. The maximum atomic E-state index is 13.0. The molecule has 3 amide bonds. The second-order valence-corrected chi connectivity index (χ2v) is 9.00. The van der Waals surface area contributed by atoms with Crippen LogP contribution in [0.2, 0.25) is 0 Å². The average Bonchev–Trinajstić information content (AvgIpc) is 3.48. The van der Waals surface area contributed by atoms with Crippen LogP contribution in [-0.2, 0) is 19.1 Å². The first kappa shape index (κ1) is 21.1. The molecular weight excluding hydrogens is 420 g/mol. The number of anilines is 2. The molecule has 0 spiro atoms. The van der Waals surface area contributed by atoms with E-state index in [1.807, 2.05) is 44.2 Å². The van der Waals surface area contributed by atoms with Gasteiger partial charge in [-0.15, -0.1) is 0 Å². The molecule has 1 saturated heterocycles. The molecule has 0 radical (unpaired) electrons. The van der Waals surface area contributed by atoms with Crippen molar-refractivity contribution >= 4 is 35.1 Å². The Morgan fingerprint density at radius 2 is 1.70 bits per heavy atom. The van der Waals surface area contributed by atoms with Gasteiger partial charge in [0.2, 0.25) is 11.8 Å². The predicted octanol–water partition coefficient (Wildman–Crippen LogP) is 3.41. The number of benzene rings is 2. The molecule has 1 heterocycles. The second kappa shape index (κ2) is 7.99. The van der Waals surface area contributed by atoms with Gasteiger partial charge in [-0.2, -0.15) is 0 Å². The fourth-order valence-electron chi connectivity index (χ4n) is 5.20. The van der Waals surface area contributed by atoms with Gasteiger partial charge in [0.25, 0.3) is 5.91 Å². The quantitative estimate of drug-likeness (QED) is 0.433. The van der Waals surface area contributed by atoms with Crippen LogP contribution in [0.3, 0.4) is 0 Å². The van der Waals surface area contributed by atoms with Gasteiger partial charge in [-0.1, -0.05) is 30.4 Å². The van der Waals surface area contributed by atoms with E-state index in [9.17, 15) is 19.2 Å². The van der Waals surface area contributed by atoms with Crippen LogP contribution in [-0.4, -0.2) is 30.3 Å². The third kappa shape index (κ3) is 3.63. The summed E-state index contributed by atoms with van der Waals surface area (Å²) in [4.78, 5) is 52.0. The number of allylic oxidation sites excluding steroid dienone is 2. The zero-order chi connectivity index (χ0) is 23.3. The molecule has 3 aliphatic rings. The predicted molar refractivity (Wildman–Crippen MR) is 121 cm³/mol. The highest BCUT2D eigenvalue weighted by molar-refractivity contribution is 6.23. The number of aryl methyl sites for hydroxylation is 2. The topological polar surface area (TPSA) is 92.8 Å². The number of rotatable bonds is 5. The smallest absolute Gasteiger partial charge is 0.338 e. The van der Waals surface area contributed by atoms with Gasteiger partial charge in [-0.25, -0.2) is 9.69 Å². The Bertz CT molecular complexity index is 1190. The van der Waals surface area contributed by atoms with E-state index in [4.69, 9.17) is 4.74 Å². The lowest BCUT2D eigenvalue weighted by Gasteiger charge is -2.18. The van der Waals surface area contributed by atoms with Crippen molar-refractivity contribution in [3.8, 4) is 0 Å². The fourth-order valence-corrected chi connectivity index (χ4v) is 5.20. The molecule has 2 aromatic carbocycles. The van der Waals surface area contributed by atoms with E-state index in [-0.39, 0.29) is 41.0 Å². The molecule has 2 aliphatic carbocycles. The molecular formula is C26H24N2O5. The zero-order valence-corrected chi connectivity index (χ0v) is 18.4. The van der Waals surface area contributed by atoms with Crippen molar-refractivity contribution in [2.45, 2.75) is 20.3 Å². The summed E-state index contributed by atoms with van der Waals surface area (Å²) >= 11 is 0. The van der Waals surface area contributed by atoms with E-state index in [2.05, 4.69) is 5.32 Å². The van der Waals surface area contributed by atoms with Crippen LogP contribution in [0, 0.1) is 37.5 Å². The van der Waals surface area contributed by atoms with Crippen molar-refractivity contribution in [1.82, 2.24) is 0 Å². The number of carbonyl (C=O) groups excluding carboxylic acids is 4. The average molecular weight is 444 g/mol. The third-order valence-electron chi connectivity index (χ3n) is 6.81. The van der Waals surface area contributed by atoms with Gasteiger partial charge < -0.3 is 10.1 Å². The van der Waals surface area contributed by atoms with Crippen LogP contribution in [0.5, 0.6) is 0 Å². The summed E-state index contributed by atoms with van der Waals surface area (Å²) in [5, 5.41) is 2.74. The lowest BCUT2D eigenvalue weighted by molar-refractivity contribution is -0.123. The molecule has 168 valence electrons. The number of ether oxygens (including phenoxy) is 1. The van der Waals surface area contributed by atoms with E-state index < -0.39 is 18.5 Å². The van der Waals surface area contributed by atoms with E-state index in [0.29, 0.717) is 11.4 Å². The first-order valence-corrected chi connectivity index (χ1v) is 11.0. The van der Waals surface area contributed by atoms with Crippen molar-refractivity contribution in [3.63, 3.8) is 0 Å². The largest absolute Gasteiger partial charge is 0.452 e. The minimum Gasteiger partial charge on any atom is -0.452 e. The molecule has 2 fully saturated rings. The molecule has 7 heteroatoms. The van der Waals surface area contributed by atoms with Crippen LogP contribution < -0.4 is 10.2 Å². The molecule has 1 saturated carbocycles. The number of esters is 1. The molecule has 5 rings (SSSR count). The molecule has 1 aliphatic heterocycles. The van der Waals surface area contributed by atoms with Gasteiger partial charge >= 0.3 is 5.97 Å². The number of nitrogens with one attached hydrogen (secondary N) is 1. The Labute approximate surface area is 191 Å². The van der Waals surface area contributed by atoms with Crippen molar-refractivity contribution < 1.29 is 23.9 Å². The van der Waals surface area contributed by atoms with E-state index >= 15 is 0 Å². The van der Waals surface area contributed by atoms with Gasteiger partial charge in [0.05, 0.1) is 23.1 Å². The van der Waals surface area contributed by atoms with Gasteiger partial charge in [-0.05, 0) is 67.5 Å². The zero-order valence-electron chi connectivity index (χ0n) is 18.4. The maximum absolute atomic E-state index is 13.0. The molecule has 2 aromatic rings. The number of amides is 3. The molecule has 0 aromatic heterocycles. The monoisotopic (exact) mass is 444 g/mol. The van der Waals surface area contributed by atoms with E-state index in [1.165, 1.54) is 17.0 Å². The van der Waals surface area contributed by atoms with Crippen LogP contribution in [0.4, 0.5) is 11.4 Å². The number of hydrogen-bond acceptors (Lipinski definition) is 5. The molecule has 2 bridgehead atoms. The van der Waals surface area contributed by atoms with E-state index in [0.717, 1.165) is 17.5 Å². The highest BCUT2D eigenvalue weighted by atomic mass is 16.5. The number of carbonyl (C=O) groups is 4. The summed E-state index contributed by atoms with van der Waals surface area (Å²) in [6.45, 7) is 3.35. The van der Waals surface area contributed by atoms with Gasteiger partial charge in [0, 0.05) is 5.69 Å². The Morgan fingerprint density at radius 1 is 1.00 bits per heavy atom. The summed E-state index contributed by atoms with van der Waals surface area (Å²) in [5.74, 6) is -1.95. The Balaban J connectivity index is 1.25. The van der Waals surface area contributed by atoms with Gasteiger partial charge in [-0.3, -0.25) is 14.4 Å². The summed E-state index contributed by atoms with van der Waals surface area (Å²) < 4.78 is 5.17. The van der Waals surface area contributed by atoms with Crippen molar-refractivity contribution in [1.29, 1.82) is 0 Å². The summed E-state index contributed by atoms with van der Waals surface area (Å²) in [6.07, 6.45) is 4.94. The minimum absolute atomic E-state index is 0.116. The van der Waals surface area contributed by atoms with Crippen LogP contribution >= 0.6 is 0 Å². The molecule has 0 unspecified atom stereocenters. The van der Waals surface area contributed by atoms with Crippen LogP contribution in [0.1, 0.15) is 27.9 Å². The van der Waals surface area contributed by atoms with Gasteiger partial charge in [0.15, 0.2) is 6.61 Å². The highest BCUT2D eigenvalue weighted by Gasteiger charge is 2.59. The van der Waals surface area contributed by atoms with Crippen molar-refractivity contribution in [2.75, 3.05) is 16.8 Å². The molecule has 1 N–H and O–H groups in total. The fraction of sp³-hybridized carbons (Fsp3) is 0.308. The SMILES string of the molecule is Cc1ccc(C)c(NC(=O)COC(=O)c2cccc(N3C(=O)[C@@H]4[C@H](C3=O)[C@H]3C=C[C@H]4C3)c2)c1. The van der Waals surface area contributed by atoms with Crippen LogP contribution in [0.15, 0.2) is 54.6 Å². The second-order valence-electron chi connectivity index (χ2n) is 9.00. The van der Waals surface area contributed by atoms with Crippen LogP contribution in [0.25, 0.3) is 0 Å². The normalized spacial score (nSPS) is 24.8. The lowest BCUT2D eigenvalue weighted by atomic mass is 9.85. The molecule has 33 heavy (non-hydrogen) atoms. The maximum Gasteiger partial charge on any atom is 0.338 e. The molecule has 4 atom stereocenters. The summed E-state index contributed by atoms with van der Waals surface area (Å²) in [6, 6.07) is 11.9. The Kier molecular flexibility index (Phi) is 5.12. The Morgan fingerprint density at radius 3 is 2.39 bits per heavy atom. The Hall–Kier alpha value is -3.74. The van der Waals surface area contributed by atoms with Crippen molar-refractivity contribution in [2.24, 2.45) is 23.7 Å². The lowest BCUT2D eigenvalue weighted by Crippen LogP contribution is -2.33. The summed E-state index contributed by atoms with van der Waals surface area (Å²) in [7, 11) is 0. The molecule has 7 nitrogen and oxygen atoms in total. The first-order chi connectivity index (χ1) is 15.8. The number of hydrogen-bond donors (Lipinski definition) is 1. The summed E-state index contributed by atoms with van der Waals surface area (Å²) in [5.41, 5.74) is 3.10. The number of fused-ring (bicyclic) bond motifs is 5. The highest BCUT2D eigenvalue weighted by Crippen LogP contribution is 2.53. The standard InChI is InChI=1S/C26H24N2O5/c1-14-6-7-15(2)20(10-14)27-21(29)13-33-26(32)18-4-3-5-19(12-18)28-24(30)22-16-8-9-17(11-16)23(22)25(28)31/h3-10,12,16-17,22-23H,11,13H2,1-2H3,(H,27,29)/t16-,17-,22-,23+/m0/s1. The minimum atomic E-state index is -0.700. The third-order valence-corrected chi connectivity index (χ3v) is 6.81. The number of imide groups is 1. The van der Waals surface area contributed by atoms with Gasteiger partial charge in [0.1, 0.15) is 0 Å². The van der Waals surface area contributed by atoms with Crippen molar-refractivity contribution in [3.05, 3.63) is 71.3 Å². The number of nitrogens with zero attached hydrogens (tertiary/aromatic N) is 1. The van der Waals surface area contributed by atoms with E-state index in [1.54, 1.807) is 12.1 Å².